The minimum absolute atomic E-state index is 0.0203. The molecular weight excluding hydrogens is 340 g/mol. The lowest BCUT2D eigenvalue weighted by atomic mass is 9.99. The third kappa shape index (κ3) is 6.27. The lowest BCUT2D eigenvalue weighted by Gasteiger charge is -2.24. The van der Waals surface area contributed by atoms with E-state index in [0.29, 0.717) is 19.4 Å². The van der Waals surface area contributed by atoms with Crippen molar-refractivity contribution < 1.29 is 14.3 Å². The molecule has 0 aliphatic rings. The van der Waals surface area contributed by atoms with Gasteiger partial charge in [-0.2, -0.15) is 0 Å². The predicted molar refractivity (Wildman–Crippen MR) is 109 cm³/mol. The molecule has 2 amide bonds. The van der Waals surface area contributed by atoms with Crippen LogP contribution in [0.4, 0.5) is 4.79 Å². The van der Waals surface area contributed by atoms with Crippen LogP contribution in [0.15, 0.2) is 42.5 Å². The molecule has 0 spiro atoms. The van der Waals surface area contributed by atoms with Gasteiger partial charge in [0.1, 0.15) is 5.60 Å². The Kier molecular flexibility index (Phi) is 6.83. The van der Waals surface area contributed by atoms with Crippen LogP contribution in [0.1, 0.15) is 52.1 Å². The molecule has 2 aromatic rings. The second-order valence-electron chi connectivity index (χ2n) is 7.86. The van der Waals surface area contributed by atoms with E-state index in [9.17, 15) is 9.59 Å². The van der Waals surface area contributed by atoms with Gasteiger partial charge in [0.2, 0.25) is 5.91 Å². The second-order valence-corrected chi connectivity index (χ2v) is 7.86. The molecule has 146 valence electrons. The van der Waals surface area contributed by atoms with Gasteiger partial charge in [0.05, 0.1) is 6.04 Å². The van der Waals surface area contributed by atoms with Gasteiger partial charge in [-0.15, -0.1) is 0 Å². The fraction of sp³-hybridized carbons (Fsp3) is 0.455. The van der Waals surface area contributed by atoms with E-state index in [1.165, 1.54) is 4.90 Å². The number of hydrogen-bond acceptors (Lipinski definition) is 3. The highest BCUT2D eigenvalue weighted by Gasteiger charge is 2.19. The van der Waals surface area contributed by atoms with E-state index >= 15 is 0 Å². The number of nitrogens with one attached hydrogen (secondary N) is 1. The molecule has 0 aliphatic heterocycles. The Labute approximate surface area is 161 Å². The molecular formula is C22H30N2O3. The van der Waals surface area contributed by atoms with Crippen LogP contribution >= 0.6 is 0 Å². The first kappa shape index (κ1) is 20.7. The molecule has 27 heavy (non-hydrogen) atoms. The quantitative estimate of drug-likeness (QED) is 0.804. The van der Waals surface area contributed by atoms with Gasteiger partial charge < -0.3 is 15.0 Å². The predicted octanol–water partition coefficient (Wildman–Crippen LogP) is 4.66. The van der Waals surface area contributed by atoms with Crippen LogP contribution in [0, 0.1) is 0 Å². The number of carbonyl (C=O) groups is 2. The minimum Gasteiger partial charge on any atom is -0.444 e. The average molecular weight is 370 g/mol. The monoisotopic (exact) mass is 370 g/mol. The van der Waals surface area contributed by atoms with E-state index in [-0.39, 0.29) is 18.0 Å². The number of ether oxygens (including phenoxy) is 1. The Morgan fingerprint density at radius 2 is 1.78 bits per heavy atom. The number of amides is 2. The average Bonchev–Trinajstić information content (AvgIpc) is 2.59. The van der Waals surface area contributed by atoms with Gasteiger partial charge in [-0.3, -0.25) is 4.79 Å². The fourth-order valence-corrected chi connectivity index (χ4v) is 2.93. The van der Waals surface area contributed by atoms with Crippen molar-refractivity contribution in [3.05, 3.63) is 48.0 Å². The molecule has 0 radical (unpaired) electrons. The fourth-order valence-electron chi connectivity index (χ4n) is 2.93. The zero-order chi connectivity index (χ0) is 20.0. The zero-order valence-corrected chi connectivity index (χ0v) is 16.9. The van der Waals surface area contributed by atoms with Crippen LogP contribution < -0.4 is 5.32 Å². The molecule has 2 aromatic carbocycles. The maximum absolute atomic E-state index is 12.3. The van der Waals surface area contributed by atoms with Crippen LogP contribution in [0.25, 0.3) is 10.8 Å². The highest BCUT2D eigenvalue weighted by atomic mass is 16.6. The smallest absolute Gasteiger partial charge is 0.410 e. The van der Waals surface area contributed by atoms with Crippen molar-refractivity contribution in [2.24, 2.45) is 0 Å². The van der Waals surface area contributed by atoms with Gasteiger partial charge in [0, 0.05) is 20.0 Å². The summed E-state index contributed by atoms with van der Waals surface area (Å²) < 4.78 is 5.31. The first-order valence-corrected chi connectivity index (χ1v) is 9.38. The Morgan fingerprint density at radius 3 is 2.48 bits per heavy atom. The van der Waals surface area contributed by atoms with E-state index in [1.807, 2.05) is 52.0 Å². The Hall–Kier alpha value is -2.56. The summed E-state index contributed by atoms with van der Waals surface area (Å²) in [7, 11) is 1.69. The largest absolute Gasteiger partial charge is 0.444 e. The van der Waals surface area contributed by atoms with Gasteiger partial charge >= 0.3 is 6.09 Å². The van der Waals surface area contributed by atoms with E-state index < -0.39 is 5.60 Å². The van der Waals surface area contributed by atoms with Crippen molar-refractivity contribution in [1.82, 2.24) is 10.2 Å². The summed E-state index contributed by atoms with van der Waals surface area (Å²) in [4.78, 5) is 25.7. The van der Waals surface area contributed by atoms with Crippen LogP contribution in [-0.2, 0) is 9.53 Å². The van der Waals surface area contributed by atoms with Gasteiger partial charge in [-0.05, 0) is 50.5 Å². The SMILES string of the molecule is CC(NC(=O)CCCN(C)C(=O)OC(C)(C)C)c1cccc2ccccc12. The number of nitrogens with zero attached hydrogens (tertiary/aromatic N) is 1. The molecule has 5 heteroatoms. The lowest BCUT2D eigenvalue weighted by molar-refractivity contribution is -0.121. The van der Waals surface area contributed by atoms with Gasteiger partial charge in [0.25, 0.3) is 0 Å². The summed E-state index contributed by atoms with van der Waals surface area (Å²) in [5.74, 6) is -0.0203. The summed E-state index contributed by atoms with van der Waals surface area (Å²) in [5.41, 5.74) is 0.587. The topological polar surface area (TPSA) is 58.6 Å². The van der Waals surface area contributed by atoms with Crippen molar-refractivity contribution in [1.29, 1.82) is 0 Å². The Balaban J connectivity index is 1.84. The third-order valence-corrected chi connectivity index (χ3v) is 4.27. The van der Waals surface area contributed by atoms with Crippen LogP contribution in [-0.4, -0.2) is 36.1 Å². The first-order chi connectivity index (χ1) is 12.7. The maximum Gasteiger partial charge on any atom is 0.410 e. The third-order valence-electron chi connectivity index (χ3n) is 4.27. The first-order valence-electron chi connectivity index (χ1n) is 9.38. The summed E-state index contributed by atoms with van der Waals surface area (Å²) in [5, 5.41) is 5.37. The number of rotatable bonds is 6. The molecule has 0 saturated heterocycles. The molecule has 0 aliphatic carbocycles. The molecule has 0 bridgehead atoms. The summed E-state index contributed by atoms with van der Waals surface area (Å²) in [6.07, 6.45) is 0.582. The van der Waals surface area contributed by atoms with Crippen LogP contribution in [0.3, 0.4) is 0 Å². The maximum atomic E-state index is 12.3. The summed E-state index contributed by atoms with van der Waals surface area (Å²) in [6.45, 7) is 7.97. The van der Waals surface area contributed by atoms with Crippen molar-refractivity contribution in [2.45, 2.75) is 52.2 Å². The number of fused-ring (bicyclic) bond motifs is 1. The molecule has 0 heterocycles. The summed E-state index contributed by atoms with van der Waals surface area (Å²) >= 11 is 0. The van der Waals surface area contributed by atoms with E-state index in [0.717, 1.165) is 16.3 Å². The highest BCUT2D eigenvalue weighted by molar-refractivity contribution is 5.86. The van der Waals surface area contributed by atoms with Crippen LogP contribution in [0.2, 0.25) is 0 Å². The standard InChI is InChI=1S/C22H30N2O3/c1-16(18-13-8-11-17-10-6-7-12-19(17)18)23-20(25)14-9-15-24(5)21(26)27-22(2,3)4/h6-8,10-13,16H,9,14-15H2,1-5H3,(H,23,25). The van der Waals surface area contributed by atoms with Crippen molar-refractivity contribution >= 4 is 22.8 Å². The molecule has 1 N–H and O–H groups in total. The lowest BCUT2D eigenvalue weighted by Crippen LogP contribution is -2.35. The van der Waals surface area contributed by atoms with Crippen molar-refractivity contribution in [3.8, 4) is 0 Å². The highest BCUT2D eigenvalue weighted by Crippen LogP contribution is 2.24. The molecule has 2 rings (SSSR count). The molecule has 0 saturated carbocycles. The van der Waals surface area contributed by atoms with Crippen molar-refractivity contribution in [3.63, 3.8) is 0 Å². The minimum atomic E-state index is -0.517. The van der Waals surface area contributed by atoms with Gasteiger partial charge in [0.15, 0.2) is 0 Å². The number of benzene rings is 2. The second kappa shape index (κ2) is 8.89. The number of carbonyl (C=O) groups excluding carboxylic acids is 2. The Morgan fingerprint density at radius 1 is 1.11 bits per heavy atom. The Bertz CT molecular complexity index is 790. The van der Waals surface area contributed by atoms with Gasteiger partial charge in [-0.25, -0.2) is 4.79 Å². The number of hydrogen-bond donors (Lipinski definition) is 1. The van der Waals surface area contributed by atoms with Crippen LogP contribution in [0.5, 0.6) is 0 Å². The molecule has 5 nitrogen and oxygen atoms in total. The van der Waals surface area contributed by atoms with E-state index in [2.05, 4.69) is 23.5 Å². The summed E-state index contributed by atoms with van der Waals surface area (Å²) in [6, 6.07) is 14.2. The molecule has 1 atom stereocenters. The molecule has 1 unspecified atom stereocenters. The van der Waals surface area contributed by atoms with E-state index in [1.54, 1.807) is 7.05 Å². The molecule has 0 aromatic heterocycles. The normalized spacial score (nSPS) is 12.5. The van der Waals surface area contributed by atoms with Gasteiger partial charge in [-0.1, -0.05) is 42.5 Å². The van der Waals surface area contributed by atoms with Crippen molar-refractivity contribution in [2.75, 3.05) is 13.6 Å². The molecule has 0 fully saturated rings. The van der Waals surface area contributed by atoms with E-state index in [4.69, 9.17) is 4.74 Å². The zero-order valence-electron chi connectivity index (χ0n) is 16.9.